The summed E-state index contributed by atoms with van der Waals surface area (Å²) in [5.41, 5.74) is 4.76. The SMILES string of the molecule is CCOc1cc(CN2CCC(N(c3cccnc3)N(c3cccnc3)C3CCN(Cc4ccc(OC(CC)CC)c(OCC)c4)CC3)CC2)ccc1OCC(C)C. The maximum Gasteiger partial charge on any atom is 0.161 e. The van der Waals surface area contributed by atoms with Gasteiger partial charge in [0.1, 0.15) is 0 Å². The van der Waals surface area contributed by atoms with Crippen molar-refractivity contribution in [1.82, 2.24) is 19.8 Å². The monoisotopic (exact) mass is 779 g/mol. The van der Waals surface area contributed by atoms with Gasteiger partial charge in [-0.05, 0) is 118 Å². The second-order valence-electron chi connectivity index (χ2n) is 15.8. The third-order valence-electron chi connectivity index (χ3n) is 11.1. The first-order chi connectivity index (χ1) is 27.9. The summed E-state index contributed by atoms with van der Waals surface area (Å²) in [5, 5.41) is 5.12. The number of hydrogen-bond acceptors (Lipinski definition) is 10. The summed E-state index contributed by atoms with van der Waals surface area (Å²) >= 11 is 0. The number of ether oxygens (including phenoxy) is 4. The minimum Gasteiger partial charge on any atom is -0.490 e. The number of likely N-dealkylation sites (tertiary alicyclic amines) is 2. The van der Waals surface area contributed by atoms with Gasteiger partial charge in [-0.3, -0.25) is 29.8 Å². The van der Waals surface area contributed by atoms with Gasteiger partial charge in [0.05, 0.1) is 61.8 Å². The number of hydrogen-bond donors (Lipinski definition) is 0. The van der Waals surface area contributed by atoms with Crippen molar-refractivity contribution in [3.8, 4) is 23.0 Å². The van der Waals surface area contributed by atoms with Crippen molar-refractivity contribution in [3.05, 3.63) is 96.6 Å². The van der Waals surface area contributed by atoms with Crippen LogP contribution in [0.25, 0.3) is 0 Å². The first-order valence-electron chi connectivity index (χ1n) is 21.5. The Kier molecular flexibility index (Phi) is 15.7. The average molecular weight is 779 g/mol. The largest absolute Gasteiger partial charge is 0.490 e. The smallest absolute Gasteiger partial charge is 0.161 e. The molecule has 2 aliphatic rings. The lowest BCUT2D eigenvalue weighted by Crippen LogP contribution is -2.59. The molecule has 2 saturated heterocycles. The van der Waals surface area contributed by atoms with Gasteiger partial charge in [-0.1, -0.05) is 39.8 Å². The Morgan fingerprint density at radius 2 is 1.09 bits per heavy atom. The first kappa shape index (κ1) is 42.1. The van der Waals surface area contributed by atoms with Crippen LogP contribution in [-0.4, -0.2) is 84.0 Å². The van der Waals surface area contributed by atoms with Gasteiger partial charge in [-0.15, -0.1) is 0 Å². The lowest BCUT2D eigenvalue weighted by atomic mass is 10.00. The lowest BCUT2D eigenvalue weighted by Gasteiger charge is -2.50. The molecule has 2 aromatic carbocycles. The molecule has 4 heterocycles. The Morgan fingerprint density at radius 1 is 0.614 bits per heavy atom. The van der Waals surface area contributed by atoms with Crippen LogP contribution in [0.4, 0.5) is 11.4 Å². The van der Waals surface area contributed by atoms with Gasteiger partial charge in [-0.2, -0.15) is 0 Å². The highest BCUT2D eigenvalue weighted by Gasteiger charge is 2.35. The van der Waals surface area contributed by atoms with Crippen LogP contribution in [0.15, 0.2) is 85.5 Å². The maximum atomic E-state index is 6.33. The van der Waals surface area contributed by atoms with Crippen LogP contribution in [0.1, 0.15) is 91.2 Å². The van der Waals surface area contributed by atoms with E-state index in [4.69, 9.17) is 18.9 Å². The second-order valence-corrected chi connectivity index (χ2v) is 15.8. The molecule has 6 rings (SSSR count). The molecule has 308 valence electrons. The summed E-state index contributed by atoms with van der Waals surface area (Å²) < 4.78 is 24.5. The Hall–Kier alpha value is -4.54. The Bertz CT molecular complexity index is 1760. The minimum atomic E-state index is 0.197. The van der Waals surface area contributed by atoms with Crippen LogP contribution in [0, 0.1) is 5.92 Å². The summed E-state index contributed by atoms with van der Waals surface area (Å²) in [6.07, 6.45) is 14.1. The molecular weight excluding hydrogens is 713 g/mol. The normalized spacial score (nSPS) is 15.9. The molecule has 0 unspecified atom stereocenters. The molecule has 10 heteroatoms. The molecule has 0 saturated carbocycles. The third kappa shape index (κ3) is 11.5. The van der Waals surface area contributed by atoms with Gasteiger partial charge in [0, 0.05) is 51.7 Å². The standard InChI is InChI=1S/C47H66N6O4/c1-7-43(8-2)57-45-18-16-38(30-47(45)55-10-4)34-51-27-21-40(22-28-51)53(42-14-12-24-49-32-42)52(41-13-11-23-48-31-41)39-19-25-50(26-20-39)33-37-15-17-44(56-35-36(5)6)46(29-37)54-9-3/h11-18,23-24,29-32,36,39-40,43H,7-10,19-22,25-28,33-35H2,1-6H3. The highest BCUT2D eigenvalue weighted by Crippen LogP contribution is 2.36. The second kappa shape index (κ2) is 21.3. The third-order valence-corrected chi connectivity index (χ3v) is 11.1. The fraction of sp³-hybridized carbons (Fsp3) is 0.532. The summed E-state index contributed by atoms with van der Waals surface area (Å²) in [6, 6.07) is 22.1. The van der Waals surface area contributed by atoms with Crippen molar-refractivity contribution >= 4 is 11.4 Å². The minimum absolute atomic E-state index is 0.197. The summed E-state index contributed by atoms with van der Waals surface area (Å²) in [5.74, 6) is 3.81. The number of anilines is 2. The van der Waals surface area contributed by atoms with E-state index in [-0.39, 0.29) is 6.10 Å². The number of piperidine rings is 2. The number of hydrazine groups is 1. The van der Waals surface area contributed by atoms with Gasteiger partial charge < -0.3 is 18.9 Å². The van der Waals surface area contributed by atoms with Crippen molar-refractivity contribution in [2.24, 2.45) is 5.92 Å². The average Bonchev–Trinajstić information content (AvgIpc) is 3.24. The predicted molar refractivity (Wildman–Crippen MR) is 231 cm³/mol. The highest BCUT2D eigenvalue weighted by molar-refractivity contribution is 5.58. The molecule has 0 spiro atoms. The lowest BCUT2D eigenvalue weighted by molar-refractivity contribution is 0.179. The molecule has 0 radical (unpaired) electrons. The fourth-order valence-electron chi connectivity index (χ4n) is 8.11. The molecule has 57 heavy (non-hydrogen) atoms. The first-order valence-corrected chi connectivity index (χ1v) is 21.5. The molecule has 2 aliphatic heterocycles. The van der Waals surface area contributed by atoms with Gasteiger partial charge in [-0.25, -0.2) is 0 Å². The number of nitrogens with zero attached hydrogens (tertiary/aromatic N) is 6. The van der Waals surface area contributed by atoms with E-state index in [1.165, 1.54) is 11.1 Å². The molecule has 0 amide bonds. The Balaban J connectivity index is 1.15. The maximum absolute atomic E-state index is 6.33. The van der Waals surface area contributed by atoms with Crippen LogP contribution in [0.5, 0.6) is 23.0 Å². The molecule has 2 fully saturated rings. The Labute approximate surface area is 342 Å². The van der Waals surface area contributed by atoms with E-state index < -0.39 is 0 Å². The molecule has 0 bridgehead atoms. The summed E-state index contributed by atoms with van der Waals surface area (Å²) in [4.78, 5) is 14.4. The van der Waals surface area contributed by atoms with Crippen LogP contribution >= 0.6 is 0 Å². The highest BCUT2D eigenvalue weighted by atomic mass is 16.5. The fourth-order valence-corrected chi connectivity index (χ4v) is 8.11. The zero-order chi connectivity index (χ0) is 40.0. The summed E-state index contributed by atoms with van der Waals surface area (Å²) in [6.45, 7) is 20.4. The van der Waals surface area contributed by atoms with Gasteiger partial charge in [0.15, 0.2) is 23.0 Å². The van der Waals surface area contributed by atoms with Crippen LogP contribution < -0.4 is 29.0 Å². The molecular formula is C47H66N6O4. The van der Waals surface area contributed by atoms with E-state index in [1.807, 2.05) is 38.6 Å². The number of aromatic nitrogens is 2. The number of rotatable bonds is 20. The number of pyridine rings is 2. The topological polar surface area (TPSA) is 75.7 Å². The van der Waals surface area contributed by atoms with Gasteiger partial charge >= 0.3 is 0 Å². The quantitative estimate of drug-likeness (QED) is 0.0811. The Morgan fingerprint density at radius 3 is 1.51 bits per heavy atom. The van der Waals surface area contributed by atoms with E-state index in [0.29, 0.717) is 37.8 Å². The van der Waals surface area contributed by atoms with E-state index in [1.54, 1.807) is 0 Å². The predicted octanol–water partition coefficient (Wildman–Crippen LogP) is 9.43. The van der Waals surface area contributed by atoms with Crippen molar-refractivity contribution in [2.75, 3.05) is 56.0 Å². The zero-order valence-corrected chi connectivity index (χ0v) is 35.3. The molecule has 0 N–H and O–H groups in total. The van der Waals surface area contributed by atoms with Crippen LogP contribution in [-0.2, 0) is 13.1 Å². The molecule has 2 aromatic heterocycles. The molecule has 0 aliphatic carbocycles. The van der Waals surface area contributed by atoms with E-state index in [9.17, 15) is 0 Å². The van der Waals surface area contributed by atoms with Gasteiger partial charge in [0.25, 0.3) is 0 Å². The van der Waals surface area contributed by atoms with E-state index in [0.717, 1.165) is 112 Å². The van der Waals surface area contributed by atoms with Crippen molar-refractivity contribution in [2.45, 2.75) is 111 Å². The van der Waals surface area contributed by atoms with Gasteiger partial charge in [0.2, 0.25) is 0 Å². The molecule has 10 nitrogen and oxygen atoms in total. The van der Waals surface area contributed by atoms with Crippen LogP contribution in [0.2, 0.25) is 0 Å². The van der Waals surface area contributed by atoms with Crippen molar-refractivity contribution < 1.29 is 18.9 Å². The van der Waals surface area contributed by atoms with E-state index >= 15 is 0 Å². The zero-order valence-electron chi connectivity index (χ0n) is 35.3. The molecule has 4 aromatic rings. The van der Waals surface area contributed by atoms with Crippen LogP contribution in [0.3, 0.4) is 0 Å². The van der Waals surface area contributed by atoms with Crippen molar-refractivity contribution in [1.29, 1.82) is 0 Å². The molecule has 0 atom stereocenters. The van der Waals surface area contributed by atoms with Crippen molar-refractivity contribution in [3.63, 3.8) is 0 Å². The van der Waals surface area contributed by atoms with E-state index in [2.05, 4.69) is 118 Å². The number of benzene rings is 2. The summed E-state index contributed by atoms with van der Waals surface area (Å²) in [7, 11) is 0.